The van der Waals surface area contributed by atoms with E-state index in [0.29, 0.717) is 0 Å². The number of nitrogens with two attached hydrogens (primary N) is 2. The first-order valence-corrected chi connectivity index (χ1v) is 8.77. The number of nitrogens with one attached hydrogen (secondary N) is 1. The quantitative estimate of drug-likeness (QED) is 0.375. The lowest BCUT2D eigenvalue weighted by Gasteiger charge is -2.17. The Morgan fingerprint density at radius 1 is 1.10 bits per heavy atom. The third-order valence-electron chi connectivity index (χ3n) is 3.64. The van der Waals surface area contributed by atoms with Gasteiger partial charge in [-0.1, -0.05) is 15.9 Å². The number of hydrogen-bond acceptors (Lipinski definition) is 7. The van der Waals surface area contributed by atoms with Crippen molar-refractivity contribution in [3.63, 3.8) is 0 Å². The average Bonchev–Trinajstić information content (AvgIpc) is 2.60. The van der Waals surface area contributed by atoms with Crippen LogP contribution in [0.3, 0.4) is 0 Å². The molecule has 0 unspecified atom stereocenters. The Labute approximate surface area is 171 Å². The molecular formula is C17H16BrN3O8. The fraction of sp³-hybridized carbons (Fsp3) is 0.176. The van der Waals surface area contributed by atoms with Gasteiger partial charge in [-0.2, -0.15) is 0 Å². The molecule has 1 amide bonds. The lowest BCUT2D eigenvalue weighted by molar-refractivity contribution is -0.119. The van der Waals surface area contributed by atoms with Crippen LogP contribution in [0.15, 0.2) is 21.4 Å². The molecule has 0 aliphatic heterocycles. The number of halogens is 1. The lowest BCUT2D eigenvalue weighted by atomic mass is 9.95. The van der Waals surface area contributed by atoms with Gasteiger partial charge in [0, 0.05) is 15.6 Å². The zero-order valence-electron chi connectivity index (χ0n) is 14.9. The highest BCUT2D eigenvalue weighted by Crippen LogP contribution is 2.41. The lowest BCUT2D eigenvalue weighted by Crippen LogP contribution is -2.24. The summed E-state index contributed by atoms with van der Waals surface area (Å²) in [6.45, 7) is 1.38. The highest BCUT2D eigenvalue weighted by Gasteiger charge is 2.28. The van der Waals surface area contributed by atoms with E-state index in [2.05, 4.69) is 15.9 Å². The summed E-state index contributed by atoms with van der Waals surface area (Å²) in [5.74, 6) is -4.29. The third-order valence-corrected chi connectivity index (χ3v) is 4.30. The molecule has 1 aromatic heterocycles. The SMILES string of the molecule is CCOc1cc(-c2c(C(=O)O)c(N)[nH]c(=O)c2C(=O)O)c(Br)cc1OCC(N)=O. The van der Waals surface area contributed by atoms with Crippen LogP contribution >= 0.6 is 15.9 Å². The number of carbonyl (C=O) groups excluding carboxylic acids is 1. The summed E-state index contributed by atoms with van der Waals surface area (Å²) in [5.41, 5.74) is 7.80. The molecule has 0 fully saturated rings. The van der Waals surface area contributed by atoms with Crippen molar-refractivity contribution in [1.82, 2.24) is 4.98 Å². The summed E-state index contributed by atoms with van der Waals surface area (Å²) in [7, 11) is 0. The molecule has 154 valence electrons. The van der Waals surface area contributed by atoms with Crippen LogP contribution in [0.25, 0.3) is 11.1 Å². The molecule has 2 aromatic rings. The number of aromatic amines is 1. The van der Waals surface area contributed by atoms with Gasteiger partial charge in [0.15, 0.2) is 18.1 Å². The smallest absolute Gasteiger partial charge is 0.342 e. The zero-order valence-corrected chi connectivity index (χ0v) is 16.5. The molecule has 0 radical (unpaired) electrons. The minimum atomic E-state index is -1.65. The first-order valence-electron chi connectivity index (χ1n) is 7.98. The van der Waals surface area contributed by atoms with E-state index >= 15 is 0 Å². The Bertz CT molecular complexity index is 1060. The number of H-pyrrole nitrogens is 1. The summed E-state index contributed by atoms with van der Waals surface area (Å²) in [5, 5.41) is 19.0. The Hall–Kier alpha value is -3.54. The summed E-state index contributed by atoms with van der Waals surface area (Å²) >= 11 is 3.20. The van der Waals surface area contributed by atoms with E-state index in [1.165, 1.54) is 12.1 Å². The van der Waals surface area contributed by atoms with Crippen molar-refractivity contribution in [1.29, 1.82) is 0 Å². The van der Waals surface area contributed by atoms with Crippen LogP contribution in [0.1, 0.15) is 27.6 Å². The average molecular weight is 470 g/mol. The summed E-state index contributed by atoms with van der Waals surface area (Å²) in [6, 6.07) is 2.61. The summed E-state index contributed by atoms with van der Waals surface area (Å²) < 4.78 is 10.9. The maximum atomic E-state index is 12.2. The molecule has 7 N–H and O–H groups in total. The van der Waals surface area contributed by atoms with Gasteiger partial charge in [-0.15, -0.1) is 0 Å². The van der Waals surface area contributed by atoms with Gasteiger partial charge in [0.25, 0.3) is 11.5 Å². The van der Waals surface area contributed by atoms with E-state index in [-0.39, 0.29) is 28.1 Å². The number of aromatic nitrogens is 1. The molecule has 0 saturated carbocycles. The molecule has 0 aliphatic carbocycles. The number of benzene rings is 1. The molecule has 1 aromatic carbocycles. The molecule has 0 atom stereocenters. The third kappa shape index (κ3) is 4.48. The van der Waals surface area contributed by atoms with Gasteiger partial charge in [-0.05, 0) is 19.1 Å². The van der Waals surface area contributed by atoms with Crippen molar-refractivity contribution in [2.75, 3.05) is 18.9 Å². The number of anilines is 1. The van der Waals surface area contributed by atoms with Crippen molar-refractivity contribution in [2.45, 2.75) is 6.92 Å². The molecule has 29 heavy (non-hydrogen) atoms. The number of nitrogen functional groups attached to an aromatic ring is 1. The van der Waals surface area contributed by atoms with Gasteiger partial charge < -0.3 is 36.1 Å². The second-order valence-electron chi connectivity index (χ2n) is 5.57. The number of aromatic carboxylic acids is 2. The van der Waals surface area contributed by atoms with Crippen LogP contribution in [-0.4, -0.2) is 46.3 Å². The van der Waals surface area contributed by atoms with Crippen LogP contribution in [0, 0.1) is 0 Å². The van der Waals surface area contributed by atoms with Gasteiger partial charge >= 0.3 is 11.9 Å². The Morgan fingerprint density at radius 3 is 2.21 bits per heavy atom. The molecule has 0 spiro atoms. The molecule has 12 heteroatoms. The van der Waals surface area contributed by atoms with Crippen molar-refractivity contribution in [2.24, 2.45) is 5.73 Å². The fourth-order valence-electron chi connectivity index (χ4n) is 2.57. The van der Waals surface area contributed by atoms with Gasteiger partial charge in [0.05, 0.1) is 6.61 Å². The van der Waals surface area contributed by atoms with Crippen LogP contribution in [0.2, 0.25) is 0 Å². The Balaban J connectivity index is 2.88. The minimum Gasteiger partial charge on any atom is -0.490 e. The topological polar surface area (TPSA) is 195 Å². The summed E-state index contributed by atoms with van der Waals surface area (Å²) in [6.07, 6.45) is 0. The monoisotopic (exact) mass is 469 g/mol. The van der Waals surface area contributed by atoms with Crippen molar-refractivity contribution in [3.8, 4) is 22.6 Å². The van der Waals surface area contributed by atoms with Gasteiger partial charge in [-0.3, -0.25) is 9.59 Å². The van der Waals surface area contributed by atoms with Gasteiger partial charge in [-0.25, -0.2) is 9.59 Å². The summed E-state index contributed by atoms with van der Waals surface area (Å²) in [4.78, 5) is 48.6. The van der Waals surface area contributed by atoms with E-state index in [1.54, 1.807) is 6.92 Å². The van der Waals surface area contributed by atoms with Crippen molar-refractivity contribution in [3.05, 3.63) is 38.1 Å². The van der Waals surface area contributed by atoms with Crippen LogP contribution in [0.4, 0.5) is 5.82 Å². The first-order chi connectivity index (χ1) is 13.6. The Morgan fingerprint density at radius 2 is 1.69 bits per heavy atom. The molecule has 0 bridgehead atoms. The largest absolute Gasteiger partial charge is 0.490 e. The molecule has 11 nitrogen and oxygen atoms in total. The standard InChI is InChI=1S/C17H16BrN3O8/c1-2-28-8-3-6(7(18)4-9(8)29-5-10(19)22)11-12(16(24)25)14(20)21-15(23)13(11)17(26)27/h3-4H,2,5H2,1H3,(H2,19,22)(H,24,25)(H,26,27)(H3,20,21,23). The number of pyridine rings is 1. The van der Waals surface area contributed by atoms with E-state index in [0.717, 1.165) is 0 Å². The number of carboxylic acids is 2. The number of hydrogen-bond donors (Lipinski definition) is 5. The molecule has 0 saturated heterocycles. The number of primary amides is 1. The number of amides is 1. The highest BCUT2D eigenvalue weighted by molar-refractivity contribution is 9.10. The molecule has 0 aliphatic rings. The van der Waals surface area contributed by atoms with Crippen molar-refractivity contribution < 1.29 is 34.1 Å². The predicted molar refractivity (Wildman–Crippen MR) is 104 cm³/mol. The van der Waals surface area contributed by atoms with Gasteiger partial charge in [0.2, 0.25) is 0 Å². The van der Waals surface area contributed by atoms with E-state index in [9.17, 15) is 29.4 Å². The van der Waals surface area contributed by atoms with E-state index in [4.69, 9.17) is 20.9 Å². The maximum Gasteiger partial charge on any atom is 0.342 e. The van der Waals surface area contributed by atoms with E-state index in [1.807, 2.05) is 4.98 Å². The van der Waals surface area contributed by atoms with Gasteiger partial charge in [0.1, 0.15) is 16.9 Å². The molecular weight excluding hydrogens is 454 g/mol. The maximum absolute atomic E-state index is 12.2. The molecule has 2 rings (SSSR count). The number of rotatable bonds is 8. The fourth-order valence-corrected chi connectivity index (χ4v) is 3.09. The van der Waals surface area contributed by atoms with Crippen LogP contribution < -0.4 is 26.5 Å². The van der Waals surface area contributed by atoms with E-state index < -0.39 is 52.5 Å². The molecule has 1 heterocycles. The number of carbonyl (C=O) groups is 3. The highest BCUT2D eigenvalue weighted by atomic mass is 79.9. The minimum absolute atomic E-state index is 0.00692. The second-order valence-corrected chi connectivity index (χ2v) is 6.42. The predicted octanol–water partition coefficient (Wildman–Crippen LogP) is 1.05. The van der Waals surface area contributed by atoms with Crippen LogP contribution in [-0.2, 0) is 4.79 Å². The van der Waals surface area contributed by atoms with Crippen molar-refractivity contribution >= 4 is 39.6 Å². The first kappa shape index (κ1) is 21.8. The second kappa shape index (κ2) is 8.65. The zero-order chi connectivity index (χ0) is 21.9. The van der Waals surface area contributed by atoms with Crippen LogP contribution in [0.5, 0.6) is 11.5 Å². The number of carboxylic acid groups (broad SMARTS) is 2. The number of ether oxygens (including phenoxy) is 2. The Kier molecular flexibility index (Phi) is 6.49. The normalized spacial score (nSPS) is 10.4.